The minimum absolute atomic E-state index is 0.0346. The van der Waals surface area contributed by atoms with Crippen LogP contribution in [-0.2, 0) is 9.53 Å². The Morgan fingerprint density at radius 1 is 1.28 bits per heavy atom. The van der Waals surface area contributed by atoms with Crippen LogP contribution >= 0.6 is 0 Å². The van der Waals surface area contributed by atoms with Gasteiger partial charge < -0.3 is 4.74 Å². The number of benzene rings is 1. The highest BCUT2D eigenvalue weighted by molar-refractivity contribution is 5.82. The molecule has 0 bridgehead atoms. The predicted octanol–water partition coefficient (Wildman–Crippen LogP) is 5.26. The summed E-state index contributed by atoms with van der Waals surface area (Å²) >= 11 is 0. The van der Waals surface area contributed by atoms with E-state index < -0.39 is 0 Å². The van der Waals surface area contributed by atoms with Gasteiger partial charge in [-0.2, -0.15) is 0 Å². The summed E-state index contributed by atoms with van der Waals surface area (Å²) in [6.45, 7) is 6.14. The molecule has 1 aromatic heterocycles. The topological polar surface area (TPSA) is 39.2 Å². The lowest BCUT2D eigenvalue weighted by Gasteiger charge is -2.33. The normalized spacial score (nSPS) is 21.6. The van der Waals surface area contributed by atoms with Crippen LogP contribution in [0.15, 0.2) is 49.2 Å². The average molecular weight is 337 g/mol. The van der Waals surface area contributed by atoms with Crippen LogP contribution in [0.2, 0.25) is 0 Å². The maximum Gasteiger partial charge on any atom is 0.309 e. The molecule has 1 heterocycles. The number of ether oxygens (including phenoxy) is 1. The van der Waals surface area contributed by atoms with Gasteiger partial charge in [-0.05, 0) is 68.6 Å². The number of esters is 1. The van der Waals surface area contributed by atoms with Crippen molar-refractivity contribution in [3.63, 3.8) is 0 Å². The molecular formula is C22H27NO2. The van der Waals surface area contributed by atoms with Crippen molar-refractivity contribution < 1.29 is 9.53 Å². The van der Waals surface area contributed by atoms with Crippen molar-refractivity contribution in [3.05, 3.63) is 54.7 Å². The number of carbonyl (C=O) groups is 1. The van der Waals surface area contributed by atoms with Crippen LogP contribution in [0.25, 0.3) is 10.9 Å². The zero-order valence-corrected chi connectivity index (χ0v) is 15.0. The first-order chi connectivity index (χ1) is 12.2. The van der Waals surface area contributed by atoms with Crippen molar-refractivity contribution in [1.82, 2.24) is 4.98 Å². The van der Waals surface area contributed by atoms with Gasteiger partial charge in [0.25, 0.3) is 0 Å². The van der Waals surface area contributed by atoms with Gasteiger partial charge in [-0.3, -0.25) is 9.78 Å². The lowest BCUT2D eigenvalue weighted by molar-refractivity contribution is -0.150. The van der Waals surface area contributed by atoms with Gasteiger partial charge in [0.15, 0.2) is 0 Å². The minimum atomic E-state index is -0.0554. The van der Waals surface area contributed by atoms with E-state index in [1.807, 2.05) is 25.3 Å². The number of aromatic nitrogens is 1. The summed E-state index contributed by atoms with van der Waals surface area (Å²) in [7, 11) is 0. The Balaban J connectivity index is 1.72. The molecule has 1 saturated carbocycles. The Kier molecular flexibility index (Phi) is 5.85. The molecule has 132 valence electrons. The molecule has 1 aliphatic rings. The van der Waals surface area contributed by atoms with Gasteiger partial charge in [0.2, 0.25) is 0 Å². The molecule has 0 amide bonds. The lowest BCUT2D eigenvalue weighted by Crippen LogP contribution is -2.28. The first-order valence-corrected chi connectivity index (χ1v) is 9.35. The molecule has 0 radical (unpaired) electrons. The minimum Gasteiger partial charge on any atom is -0.466 e. The summed E-state index contributed by atoms with van der Waals surface area (Å²) in [6.07, 6.45) is 8.86. The van der Waals surface area contributed by atoms with Crippen LogP contribution < -0.4 is 0 Å². The van der Waals surface area contributed by atoms with Crippen molar-refractivity contribution in [3.8, 4) is 0 Å². The molecule has 1 unspecified atom stereocenters. The SMILES string of the molecule is C=CCC(C(=O)OCC)[C@H]1CC[C@@H](c2ccnc3ccccc32)CC1. The van der Waals surface area contributed by atoms with Gasteiger partial charge in [-0.15, -0.1) is 6.58 Å². The third-order valence-corrected chi connectivity index (χ3v) is 5.47. The van der Waals surface area contributed by atoms with E-state index in [0.717, 1.165) is 31.2 Å². The summed E-state index contributed by atoms with van der Waals surface area (Å²) in [5, 5.41) is 1.27. The molecule has 2 aromatic rings. The van der Waals surface area contributed by atoms with Gasteiger partial charge in [0.1, 0.15) is 0 Å². The molecule has 1 atom stereocenters. The van der Waals surface area contributed by atoms with Gasteiger partial charge in [0.05, 0.1) is 18.0 Å². The molecule has 3 heteroatoms. The summed E-state index contributed by atoms with van der Waals surface area (Å²) in [5.41, 5.74) is 2.47. The number of hydrogen-bond donors (Lipinski definition) is 0. The van der Waals surface area contributed by atoms with E-state index in [-0.39, 0.29) is 11.9 Å². The number of rotatable bonds is 6. The Morgan fingerprint density at radius 3 is 2.76 bits per heavy atom. The van der Waals surface area contributed by atoms with Crippen molar-refractivity contribution in [2.75, 3.05) is 6.61 Å². The van der Waals surface area contributed by atoms with E-state index in [1.165, 1.54) is 10.9 Å². The third kappa shape index (κ3) is 3.92. The van der Waals surface area contributed by atoms with Crippen LogP contribution in [0.4, 0.5) is 0 Å². The monoisotopic (exact) mass is 337 g/mol. The smallest absolute Gasteiger partial charge is 0.309 e. The molecule has 3 rings (SSSR count). The summed E-state index contributed by atoms with van der Waals surface area (Å²) in [6, 6.07) is 10.5. The van der Waals surface area contributed by atoms with Gasteiger partial charge in [0, 0.05) is 11.6 Å². The second-order valence-corrected chi connectivity index (χ2v) is 6.91. The third-order valence-electron chi connectivity index (χ3n) is 5.47. The van der Waals surface area contributed by atoms with Gasteiger partial charge >= 0.3 is 5.97 Å². The van der Waals surface area contributed by atoms with Gasteiger partial charge in [-0.1, -0.05) is 24.3 Å². The zero-order valence-electron chi connectivity index (χ0n) is 15.0. The van der Waals surface area contributed by atoms with E-state index in [1.54, 1.807) is 0 Å². The summed E-state index contributed by atoms with van der Waals surface area (Å²) in [4.78, 5) is 16.8. The number of allylic oxidation sites excluding steroid dienone is 1. The van der Waals surface area contributed by atoms with E-state index >= 15 is 0 Å². The first kappa shape index (κ1) is 17.7. The molecular weight excluding hydrogens is 310 g/mol. The van der Waals surface area contributed by atoms with E-state index in [4.69, 9.17) is 4.74 Å². The summed E-state index contributed by atoms with van der Waals surface area (Å²) < 4.78 is 5.28. The quantitative estimate of drug-likeness (QED) is 0.533. The second kappa shape index (κ2) is 8.28. The summed E-state index contributed by atoms with van der Waals surface area (Å²) in [5.74, 6) is 0.866. The highest BCUT2D eigenvalue weighted by Crippen LogP contribution is 2.41. The largest absolute Gasteiger partial charge is 0.466 e. The highest BCUT2D eigenvalue weighted by atomic mass is 16.5. The van der Waals surface area contributed by atoms with Gasteiger partial charge in [-0.25, -0.2) is 0 Å². The average Bonchev–Trinajstić information content (AvgIpc) is 2.66. The maximum absolute atomic E-state index is 12.3. The molecule has 1 fully saturated rings. The Bertz CT molecular complexity index is 726. The first-order valence-electron chi connectivity index (χ1n) is 9.35. The number of fused-ring (bicyclic) bond motifs is 1. The second-order valence-electron chi connectivity index (χ2n) is 6.91. The van der Waals surface area contributed by atoms with Crippen molar-refractivity contribution in [2.45, 2.75) is 44.9 Å². The standard InChI is InChI=1S/C22H27NO2/c1-3-7-19(22(24)25-4-2)17-12-10-16(11-13-17)18-14-15-23-21-9-6-5-8-20(18)21/h3,5-6,8-9,14-17,19H,1,4,7,10-13H2,2H3/t16-,17+,19?. The molecule has 0 N–H and O–H groups in total. The predicted molar refractivity (Wildman–Crippen MR) is 101 cm³/mol. The Morgan fingerprint density at radius 2 is 2.04 bits per heavy atom. The Labute approximate surface area is 150 Å². The van der Waals surface area contributed by atoms with Crippen LogP contribution in [0, 0.1) is 11.8 Å². The fourth-order valence-electron chi connectivity index (χ4n) is 4.22. The number of hydrogen-bond acceptors (Lipinski definition) is 3. The fourth-order valence-corrected chi connectivity index (χ4v) is 4.22. The number of para-hydroxylation sites is 1. The molecule has 1 aliphatic carbocycles. The van der Waals surface area contributed by atoms with Crippen LogP contribution in [0.3, 0.4) is 0 Å². The number of pyridine rings is 1. The molecule has 0 saturated heterocycles. The molecule has 0 aliphatic heterocycles. The van der Waals surface area contributed by atoms with Crippen LogP contribution in [0.5, 0.6) is 0 Å². The number of carbonyl (C=O) groups excluding carboxylic acids is 1. The molecule has 0 spiro atoms. The lowest BCUT2D eigenvalue weighted by atomic mass is 9.72. The fraction of sp³-hybridized carbons (Fsp3) is 0.455. The number of nitrogens with zero attached hydrogens (tertiary/aromatic N) is 1. The highest BCUT2D eigenvalue weighted by Gasteiger charge is 2.32. The van der Waals surface area contributed by atoms with E-state index in [9.17, 15) is 4.79 Å². The van der Waals surface area contributed by atoms with Crippen molar-refractivity contribution in [1.29, 1.82) is 0 Å². The zero-order chi connectivity index (χ0) is 17.6. The van der Waals surface area contributed by atoms with E-state index in [0.29, 0.717) is 24.9 Å². The van der Waals surface area contributed by atoms with Crippen molar-refractivity contribution in [2.24, 2.45) is 11.8 Å². The van der Waals surface area contributed by atoms with Crippen molar-refractivity contribution >= 4 is 16.9 Å². The molecule has 3 nitrogen and oxygen atoms in total. The molecule has 1 aromatic carbocycles. The maximum atomic E-state index is 12.3. The van der Waals surface area contributed by atoms with E-state index in [2.05, 4.69) is 35.8 Å². The van der Waals surface area contributed by atoms with Crippen LogP contribution in [0.1, 0.15) is 50.5 Å². The Hall–Kier alpha value is -2.16. The molecule has 25 heavy (non-hydrogen) atoms. The van der Waals surface area contributed by atoms with Crippen LogP contribution in [-0.4, -0.2) is 17.6 Å².